The quantitative estimate of drug-likeness (QED) is 0.708. The van der Waals surface area contributed by atoms with Gasteiger partial charge in [0.05, 0.1) is 19.0 Å². The van der Waals surface area contributed by atoms with Gasteiger partial charge in [-0.05, 0) is 25.5 Å². The Balaban J connectivity index is 2.55. The molecule has 0 aliphatic heterocycles. The van der Waals surface area contributed by atoms with Gasteiger partial charge >= 0.3 is 0 Å². The first-order chi connectivity index (χ1) is 6.88. The van der Waals surface area contributed by atoms with E-state index in [4.69, 9.17) is 4.74 Å². The molecule has 0 aromatic heterocycles. The van der Waals surface area contributed by atoms with Crippen LogP contribution in [0.4, 0.5) is 10.1 Å². The van der Waals surface area contributed by atoms with E-state index in [0.29, 0.717) is 19.6 Å². The number of halogens is 1. The zero-order chi connectivity index (χ0) is 10.2. The van der Waals surface area contributed by atoms with Crippen molar-refractivity contribution in [2.45, 2.75) is 13.3 Å². The van der Waals surface area contributed by atoms with Gasteiger partial charge in [-0.15, -0.1) is 0 Å². The van der Waals surface area contributed by atoms with E-state index in [1.54, 1.807) is 0 Å². The van der Waals surface area contributed by atoms with Crippen LogP contribution in [0.1, 0.15) is 13.3 Å². The largest absolute Gasteiger partial charge is 0.492 e. The molecule has 2 nitrogen and oxygen atoms in total. The Labute approximate surface area is 84.1 Å². The minimum atomic E-state index is -0.288. The van der Waals surface area contributed by atoms with Gasteiger partial charge in [0.2, 0.25) is 0 Å². The van der Waals surface area contributed by atoms with Crippen LogP contribution in [0.2, 0.25) is 0 Å². The van der Waals surface area contributed by atoms with Crippen molar-refractivity contribution >= 4 is 5.69 Å². The molecule has 0 bridgehead atoms. The second kappa shape index (κ2) is 6.24. The first-order valence-corrected chi connectivity index (χ1v) is 4.90. The summed E-state index contributed by atoms with van der Waals surface area (Å²) in [6.45, 7) is 2.94. The highest BCUT2D eigenvalue weighted by molar-refractivity contribution is 5.56. The molecule has 0 radical (unpaired) electrons. The van der Waals surface area contributed by atoms with Gasteiger partial charge in [-0.25, -0.2) is 0 Å². The van der Waals surface area contributed by atoms with Gasteiger partial charge in [0, 0.05) is 6.54 Å². The zero-order valence-electron chi connectivity index (χ0n) is 8.42. The fourth-order valence-electron chi connectivity index (χ4n) is 1.18. The molecule has 1 aromatic rings. The molecule has 0 aliphatic rings. The molecule has 14 heavy (non-hydrogen) atoms. The van der Waals surface area contributed by atoms with Crippen LogP contribution in [0.5, 0.6) is 5.75 Å². The van der Waals surface area contributed by atoms with Gasteiger partial charge < -0.3 is 10.1 Å². The number of alkyl halides is 1. The first kappa shape index (κ1) is 10.8. The Hall–Kier alpha value is -1.25. The van der Waals surface area contributed by atoms with Crippen molar-refractivity contribution in [3.8, 4) is 5.75 Å². The van der Waals surface area contributed by atoms with Gasteiger partial charge in [0.1, 0.15) is 5.75 Å². The smallest absolute Gasteiger partial charge is 0.142 e. The number of para-hydroxylation sites is 2. The van der Waals surface area contributed by atoms with Gasteiger partial charge in [-0.3, -0.25) is 4.39 Å². The molecular weight excluding hydrogens is 181 g/mol. The van der Waals surface area contributed by atoms with Crippen molar-refractivity contribution < 1.29 is 9.13 Å². The lowest BCUT2D eigenvalue weighted by atomic mass is 10.3. The molecule has 78 valence electrons. The van der Waals surface area contributed by atoms with E-state index < -0.39 is 0 Å². The Bertz CT molecular complexity index is 265. The number of ether oxygens (including phenoxy) is 1. The number of hydrogen-bond acceptors (Lipinski definition) is 2. The van der Waals surface area contributed by atoms with E-state index in [2.05, 4.69) is 5.32 Å². The van der Waals surface area contributed by atoms with Gasteiger partial charge in [0.15, 0.2) is 0 Å². The number of hydrogen-bond donors (Lipinski definition) is 1. The summed E-state index contributed by atoms with van der Waals surface area (Å²) in [6.07, 6.45) is 0.528. The number of nitrogens with one attached hydrogen (secondary N) is 1. The van der Waals surface area contributed by atoms with E-state index in [-0.39, 0.29) is 6.67 Å². The maximum Gasteiger partial charge on any atom is 0.142 e. The van der Waals surface area contributed by atoms with Crippen LogP contribution in [0.25, 0.3) is 0 Å². The lowest BCUT2D eigenvalue weighted by Crippen LogP contribution is -2.04. The molecular formula is C11H16FNO. The highest BCUT2D eigenvalue weighted by atomic mass is 19.1. The summed E-state index contributed by atoms with van der Waals surface area (Å²) >= 11 is 0. The van der Waals surface area contributed by atoms with Crippen molar-refractivity contribution in [2.75, 3.05) is 25.1 Å². The molecule has 1 N–H and O–H groups in total. The van der Waals surface area contributed by atoms with E-state index in [0.717, 1.165) is 11.4 Å². The summed E-state index contributed by atoms with van der Waals surface area (Å²) in [7, 11) is 0. The Morgan fingerprint density at radius 1 is 1.36 bits per heavy atom. The van der Waals surface area contributed by atoms with Crippen LogP contribution in [0, 0.1) is 0 Å². The molecule has 1 aromatic carbocycles. The maximum atomic E-state index is 11.9. The summed E-state index contributed by atoms with van der Waals surface area (Å²) in [5, 5.41) is 3.13. The summed E-state index contributed by atoms with van der Waals surface area (Å²) in [5.41, 5.74) is 0.933. The average molecular weight is 197 g/mol. The maximum absolute atomic E-state index is 11.9. The van der Waals surface area contributed by atoms with Crippen LogP contribution in [-0.2, 0) is 0 Å². The van der Waals surface area contributed by atoms with Crippen LogP contribution < -0.4 is 10.1 Å². The van der Waals surface area contributed by atoms with Crippen molar-refractivity contribution in [2.24, 2.45) is 0 Å². The Kier molecular flexibility index (Phi) is 4.83. The normalized spacial score (nSPS) is 9.86. The number of benzene rings is 1. The molecule has 0 aliphatic carbocycles. The summed E-state index contributed by atoms with van der Waals surface area (Å²) < 4.78 is 17.3. The minimum absolute atomic E-state index is 0.288. The van der Waals surface area contributed by atoms with Crippen molar-refractivity contribution in [3.63, 3.8) is 0 Å². The monoisotopic (exact) mass is 197 g/mol. The van der Waals surface area contributed by atoms with E-state index >= 15 is 0 Å². The molecule has 0 saturated heterocycles. The highest BCUT2D eigenvalue weighted by Crippen LogP contribution is 2.23. The molecule has 0 amide bonds. The molecule has 0 fully saturated rings. The molecule has 1 rings (SSSR count). The van der Waals surface area contributed by atoms with Crippen molar-refractivity contribution in [3.05, 3.63) is 24.3 Å². The molecule has 0 spiro atoms. The predicted molar refractivity (Wildman–Crippen MR) is 56.7 cm³/mol. The minimum Gasteiger partial charge on any atom is -0.492 e. The second-order valence-corrected chi connectivity index (χ2v) is 2.90. The van der Waals surface area contributed by atoms with Crippen molar-refractivity contribution in [1.82, 2.24) is 0 Å². The SMILES string of the molecule is CCOc1ccccc1NCCCF. The number of rotatable bonds is 6. The Morgan fingerprint density at radius 2 is 2.14 bits per heavy atom. The third kappa shape index (κ3) is 3.24. The highest BCUT2D eigenvalue weighted by Gasteiger charge is 2.00. The van der Waals surface area contributed by atoms with Gasteiger partial charge in [-0.2, -0.15) is 0 Å². The van der Waals surface area contributed by atoms with Crippen LogP contribution in [0.15, 0.2) is 24.3 Å². The fraction of sp³-hybridized carbons (Fsp3) is 0.455. The third-order valence-corrected chi connectivity index (χ3v) is 1.81. The lowest BCUT2D eigenvalue weighted by Gasteiger charge is -2.11. The van der Waals surface area contributed by atoms with Gasteiger partial charge in [-0.1, -0.05) is 12.1 Å². The Morgan fingerprint density at radius 3 is 2.86 bits per heavy atom. The first-order valence-electron chi connectivity index (χ1n) is 4.90. The standard InChI is InChI=1S/C11H16FNO/c1-2-14-11-7-4-3-6-10(11)13-9-5-8-12/h3-4,6-7,13H,2,5,8-9H2,1H3. The van der Waals surface area contributed by atoms with Gasteiger partial charge in [0.25, 0.3) is 0 Å². The molecule has 0 saturated carbocycles. The van der Waals surface area contributed by atoms with Crippen LogP contribution in [0.3, 0.4) is 0 Å². The molecule has 0 unspecified atom stereocenters. The fourth-order valence-corrected chi connectivity index (χ4v) is 1.18. The van der Waals surface area contributed by atoms with Crippen molar-refractivity contribution in [1.29, 1.82) is 0 Å². The van der Waals surface area contributed by atoms with Crippen LogP contribution in [-0.4, -0.2) is 19.8 Å². The zero-order valence-corrected chi connectivity index (χ0v) is 8.42. The molecule has 0 heterocycles. The third-order valence-electron chi connectivity index (χ3n) is 1.81. The molecule has 0 atom stereocenters. The average Bonchev–Trinajstić information content (AvgIpc) is 2.21. The van der Waals surface area contributed by atoms with E-state index in [1.165, 1.54) is 0 Å². The van der Waals surface area contributed by atoms with E-state index in [9.17, 15) is 4.39 Å². The van der Waals surface area contributed by atoms with E-state index in [1.807, 2.05) is 31.2 Å². The lowest BCUT2D eigenvalue weighted by molar-refractivity contribution is 0.341. The van der Waals surface area contributed by atoms with Crippen LogP contribution >= 0.6 is 0 Å². The summed E-state index contributed by atoms with van der Waals surface area (Å²) in [6, 6.07) is 7.69. The summed E-state index contributed by atoms with van der Waals surface area (Å²) in [4.78, 5) is 0. The predicted octanol–water partition coefficient (Wildman–Crippen LogP) is 2.86. The second-order valence-electron chi connectivity index (χ2n) is 2.90. The topological polar surface area (TPSA) is 21.3 Å². The molecule has 3 heteroatoms. The summed E-state index contributed by atoms with van der Waals surface area (Å²) in [5.74, 6) is 0.828. The number of anilines is 1.